The Morgan fingerprint density at radius 2 is 1.63 bits per heavy atom. The van der Waals surface area contributed by atoms with Crippen LogP contribution in [0.1, 0.15) is 16.0 Å². The number of hydrogen-bond donors (Lipinski definition) is 0. The van der Waals surface area contributed by atoms with Crippen LogP contribution < -0.4 is 0 Å². The maximum absolute atomic E-state index is 3.80. The number of hydrogen-bond acceptors (Lipinski definition) is 1. The zero-order chi connectivity index (χ0) is 13.4. The van der Waals surface area contributed by atoms with E-state index in [0.29, 0.717) is 0 Å². The van der Waals surface area contributed by atoms with Gasteiger partial charge < -0.3 is 0 Å². The molecule has 19 heavy (non-hydrogen) atoms. The summed E-state index contributed by atoms with van der Waals surface area (Å²) in [6.45, 7) is 0. The third-order valence-corrected chi connectivity index (χ3v) is 6.43. The summed E-state index contributed by atoms with van der Waals surface area (Å²) >= 11 is 12.7. The van der Waals surface area contributed by atoms with Crippen LogP contribution in [0.4, 0.5) is 0 Å². The van der Waals surface area contributed by atoms with Gasteiger partial charge in [0, 0.05) is 0 Å². The maximum Gasteiger partial charge on any atom is 0.0757 e. The molecule has 1 atom stereocenters. The molecule has 3 aromatic rings. The van der Waals surface area contributed by atoms with E-state index in [0.717, 1.165) is 7.57 Å². The Morgan fingerprint density at radius 1 is 0.895 bits per heavy atom. The van der Waals surface area contributed by atoms with Crippen molar-refractivity contribution in [2.24, 2.45) is 0 Å². The van der Waals surface area contributed by atoms with Crippen LogP contribution in [0.3, 0.4) is 0 Å². The fourth-order valence-electron chi connectivity index (χ4n) is 2.07. The topological polar surface area (TPSA) is 0 Å². The number of thiophene rings is 1. The summed E-state index contributed by atoms with van der Waals surface area (Å²) in [5, 5.41) is 2.55. The van der Waals surface area contributed by atoms with Gasteiger partial charge in [-0.3, -0.25) is 0 Å². The summed E-state index contributed by atoms with van der Waals surface area (Å²) in [6.07, 6.45) is 0. The van der Waals surface area contributed by atoms with Crippen molar-refractivity contribution in [2.75, 3.05) is 0 Å². The van der Waals surface area contributed by atoms with Gasteiger partial charge in [-0.25, -0.2) is 0 Å². The average molecular weight is 461 g/mol. The summed E-state index contributed by atoms with van der Waals surface area (Å²) in [7, 11) is 0. The second-order valence-corrected chi connectivity index (χ2v) is 8.91. The van der Waals surface area contributed by atoms with Gasteiger partial charge in [-0.1, -0.05) is 52.3 Å². The summed E-state index contributed by atoms with van der Waals surface area (Å²) in [4.78, 5) is 0.203. The minimum atomic E-state index is 0.203. The second kappa shape index (κ2) is 5.68. The standard InChI is InChI=1S/C15H9Br3S/c16-13-8-12(15(18)19-13)14(17)11-6-5-9-3-1-2-4-10(9)7-11/h1-8,14H. The van der Waals surface area contributed by atoms with Crippen molar-refractivity contribution in [1.29, 1.82) is 0 Å². The van der Waals surface area contributed by atoms with Gasteiger partial charge in [0.25, 0.3) is 0 Å². The Kier molecular flexibility index (Phi) is 4.13. The van der Waals surface area contributed by atoms with E-state index in [2.05, 4.69) is 96.3 Å². The second-order valence-electron chi connectivity index (χ2n) is 4.25. The molecule has 2 aromatic carbocycles. The van der Waals surface area contributed by atoms with E-state index in [1.165, 1.54) is 21.9 Å². The molecule has 1 heterocycles. The number of halogens is 3. The summed E-state index contributed by atoms with van der Waals surface area (Å²) in [5.41, 5.74) is 2.52. The third-order valence-electron chi connectivity index (χ3n) is 3.02. The van der Waals surface area contributed by atoms with E-state index in [-0.39, 0.29) is 4.83 Å². The lowest BCUT2D eigenvalue weighted by molar-refractivity contribution is 1.19. The highest BCUT2D eigenvalue weighted by molar-refractivity contribution is 9.12. The number of rotatable bonds is 2. The van der Waals surface area contributed by atoms with Crippen molar-refractivity contribution >= 4 is 69.9 Å². The maximum atomic E-state index is 3.80. The first kappa shape index (κ1) is 13.8. The smallest absolute Gasteiger partial charge is 0.0757 e. The van der Waals surface area contributed by atoms with Crippen LogP contribution in [0, 0.1) is 0 Å². The van der Waals surface area contributed by atoms with Crippen LogP contribution in [0.15, 0.2) is 56.1 Å². The van der Waals surface area contributed by atoms with Crippen molar-refractivity contribution in [1.82, 2.24) is 0 Å². The Hall–Kier alpha value is -0.160. The van der Waals surface area contributed by atoms with Crippen molar-refractivity contribution in [3.05, 3.63) is 67.2 Å². The van der Waals surface area contributed by atoms with Crippen LogP contribution in [0.2, 0.25) is 0 Å². The van der Waals surface area contributed by atoms with Crippen molar-refractivity contribution < 1.29 is 0 Å². The van der Waals surface area contributed by atoms with E-state index in [1.54, 1.807) is 11.3 Å². The number of benzene rings is 2. The molecule has 0 nitrogen and oxygen atoms in total. The van der Waals surface area contributed by atoms with E-state index >= 15 is 0 Å². The van der Waals surface area contributed by atoms with Crippen molar-refractivity contribution in [3.63, 3.8) is 0 Å². The molecule has 0 aliphatic rings. The van der Waals surface area contributed by atoms with Gasteiger partial charge in [-0.05, 0) is 65.9 Å². The Morgan fingerprint density at radius 3 is 2.32 bits per heavy atom. The minimum absolute atomic E-state index is 0.203. The van der Waals surface area contributed by atoms with E-state index in [4.69, 9.17) is 0 Å². The van der Waals surface area contributed by atoms with Gasteiger partial charge in [0.15, 0.2) is 0 Å². The summed E-state index contributed by atoms with van der Waals surface area (Å²) in [5.74, 6) is 0. The molecule has 0 saturated carbocycles. The Balaban J connectivity index is 2.06. The van der Waals surface area contributed by atoms with E-state index in [9.17, 15) is 0 Å². The molecule has 0 radical (unpaired) electrons. The third kappa shape index (κ3) is 2.82. The molecule has 0 fully saturated rings. The molecule has 0 bridgehead atoms. The van der Waals surface area contributed by atoms with Gasteiger partial charge in [0.05, 0.1) is 12.4 Å². The normalized spacial score (nSPS) is 12.8. The van der Waals surface area contributed by atoms with Gasteiger partial charge in [-0.2, -0.15) is 0 Å². The summed E-state index contributed by atoms with van der Waals surface area (Å²) < 4.78 is 2.30. The molecule has 0 amide bonds. The molecule has 1 aromatic heterocycles. The monoisotopic (exact) mass is 458 g/mol. The molecule has 0 aliphatic heterocycles. The first-order valence-electron chi connectivity index (χ1n) is 5.72. The molecule has 96 valence electrons. The highest BCUT2D eigenvalue weighted by Gasteiger charge is 2.16. The Labute approximate surface area is 141 Å². The first-order chi connectivity index (χ1) is 9.15. The van der Waals surface area contributed by atoms with Gasteiger partial charge in [0.1, 0.15) is 0 Å². The van der Waals surface area contributed by atoms with Gasteiger partial charge in [-0.15, -0.1) is 11.3 Å². The van der Waals surface area contributed by atoms with Crippen LogP contribution in [-0.4, -0.2) is 0 Å². The van der Waals surface area contributed by atoms with E-state index in [1.807, 2.05) is 0 Å². The molecule has 4 heteroatoms. The predicted molar refractivity (Wildman–Crippen MR) is 94.4 cm³/mol. The van der Waals surface area contributed by atoms with Crippen LogP contribution in [0.5, 0.6) is 0 Å². The van der Waals surface area contributed by atoms with Crippen LogP contribution >= 0.6 is 59.1 Å². The molecule has 0 N–H and O–H groups in total. The molecule has 0 saturated heterocycles. The highest BCUT2D eigenvalue weighted by atomic mass is 79.9. The molecule has 3 rings (SSSR count). The quantitative estimate of drug-likeness (QED) is 0.364. The van der Waals surface area contributed by atoms with Crippen LogP contribution in [-0.2, 0) is 0 Å². The number of alkyl halides is 1. The predicted octanol–water partition coefficient (Wildman–Crippen LogP) is 6.91. The van der Waals surface area contributed by atoms with Crippen LogP contribution in [0.25, 0.3) is 10.8 Å². The van der Waals surface area contributed by atoms with Gasteiger partial charge in [0.2, 0.25) is 0 Å². The lowest BCUT2D eigenvalue weighted by Crippen LogP contribution is -1.91. The highest BCUT2D eigenvalue weighted by Crippen LogP contribution is 2.42. The number of fused-ring (bicyclic) bond motifs is 1. The van der Waals surface area contributed by atoms with Gasteiger partial charge >= 0.3 is 0 Å². The molecular weight excluding hydrogens is 452 g/mol. The molecule has 0 spiro atoms. The zero-order valence-corrected chi connectivity index (χ0v) is 15.3. The lowest BCUT2D eigenvalue weighted by atomic mass is 10.0. The Bertz CT molecular complexity index is 733. The molecule has 1 unspecified atom stereocenters. The minimum Gasteiger partial charge on any atom is -0.121 e. The average Bonchev–Trinajstić information content (AvgIpc) is 2.76. The zero-order valence-electron chi connectivity index (χ0n) is 9.74. The first-order valence-corrected chi connectivity index (χ1v) is 9.04. The van der Waals surface area contributed by atoms with E-state index < -0.39 is 0 Å². The SMILES string of the molecule is Brc1cc(C(Br)c2ccc3ccccc3c2)c(Br)s1. The van der Waals surface area contributed by atoms with Crippen molar-refractivity contribution in [3.8, 4) is 0 Å². The lowest BCUT2D eigenvalue weighted by Gasteiger charge is -2.10. The summed E-state index contributed by atoms with van der Waals surface area (Å²) in [6, 6.07) is 17.2. The molecule has 0 aliphatic carbocycles. The largest absolute Gasteiger partial charge is 0.121 e. The van der Waals surface area contributed by atoms with Crippen molar-refractivity contribution in [2.45, 2.75) is 4.83 Å². The molecular formula is C15H9Br3S. The fourth-order valence-corrected chi connectivity index (χ4v) is 6.08. The fraction of sp³-hybridized carbons (Fsp3) is 0.0667.